The highest BCUT2D eigenvalue weighted by Crippen LogP contribution is 2.28. The molecule has 0 saturated carbocycles. The number of benzene rings is 1. The zero-order valence-corrected chi connectivity index (χ0v) is 10.9. The molecule has 2 aromatic rings. The van der Waals surface area contributed by atoms with Crippen LogP contribution in [-0.4, -0.2) is 15.7 Å². The highest BCUT2D eigenvalue weighted by Gasteiger charge is 2.20. The van der Waals surface area contributed by atoms with E-state index in [-0.39, 0.29) is 0 Å². The molecule has 0 bridgehead atoms. The Balaban J connectivity index is 2.72. The van der Waals surface area contributed by atoms with Crippen molar-refractivity contribution in [1.29, 1.82) is 0 Å². The number of aryl methyl sites for hydroxylation is 3. The third kappa shape index (κ3) is 2.01. The van der Waals surface area contributed by atoms with Crippen molar-refractivity contribution in [3.63, 3.8) is 0 Å². The maximum absolute atomic E-state index is 11.6. The number of primary amides is 1. The highest BCUT2D eigenvalue weighted by molar-refractivity contribution is 5.99. The van der Waals surface area contributed by atoms with Gasteiger partial charge in [0.15, 0.2) is 0 Å². The summed E-state index contributed by atoms with van der Waals surface area (Å²) >= 11 is 0. The first-order valence-electron chi connectivity index (χ1n) is 5.97. The van der Waals surface area contributed by atoms with Crippen molar-refractivity contribution in [1.82, 2.24) is 9.78 Å². The van der Waals surface area contributed by atoms with Gasteiger partial charge in [-0.05, 0) is 18.9 Å². The van der Waals surface area contributed by atoms with Crippen LogP contribution in [0.3, 0.4) is 0 Å². The molecule has 0 aliphatic carbocycles. The number of carbonyl (C=O) groups excluding carboxylic acids is 1. The van der Waals surface area contributed by atoms with Crippen LogP contribution in [-0.2, 0) is 13.5 Å². The van der Waals surface area contributed by atoms with E-state index in [0.717, 1.165) is 28.8 Å². The molecule has 0 atom stereocenters. The maximum Gasteiger partial charge on any atom is 0.267 e. The molecule has 4 heteroatoms. The first kappa shape index (κ1) is 12.4. The SMILES string of the molecule is CCc1nn(C)c(C(N)=O)c1-c1cccc(C)c1. The summed E-state index contributed by atoms with van der Waals surface area (Å²) in [5, 5.41) is 4.37. The Labute approximate surface area is 106 Å². The molecule has 0 fully saturated rings. The lowest BCUT2D eigenvalue weighted by Crippen LogP contribution is -2.16. The Hall–Kier alpha value is -2.10. The van der Waals surface area contributed by atoms with E-state index in [1.165, 1.54) is 0 Å². The monoisotopic (exact) mass is 243 g/mol. The fourth-order valence-electron chi connectivity index (χ4n) is 2.21. The third-order valence-corrected chi connectivity index (χ3v) is 2.99. The summed E-state index contributed by atoms with van der Waals surface area (Å²) in [6.45, 7) is 4.04. The molecule has 18 heavy (non-hydrogen) atoms. The molecule has 1 heterocycles. The first-order valence-corrected chi connectivity index (χ1v) is 5.97. The van der Waals surface area contributed by atoms with Crippen LogP contribution in [0.2, 0.25) is 0 Å². The molecule has 1 aromatic heterocycles. The second-order valence-corrected chi connectivity index (χ2v) is 4.38. The largest absolute Gasteiger partial charge is 0.364 e. The lowest BCUT2D eigenvalue weighted by molar-refractivity contribution is 0.0992. The van der Waals surface area contributed by atoms with Gasteiger partial charge in [0, 0.05) is 12.6 Å². The fourth-order valence-corrected chi connectivity index (χ4v) is 2.21. The molecule has 1 amide bonds. The molecule has 0 spiro atoms. The average molecular weight is 243 g/mol. The molecule has 4 nitrogen and oxygen atoms in total. The van der Waals surface area contributed by atoms with Gasteiger partial charge in [0.1, 0.15) is 5.69 Å². The topological polar surface area (TPSA) is 60.9 Å². The summed E-state index contributed by atoms with van der Waals surface area (Å²) in [5.41, 5.74) is 9.83. The van der Waals surface area contributed by atoms with Crippen LogP contribution in [0.15, 0.2) is 24.3 Å². The van der Waals surface area contributed by atoms with E-state index in [4.69, 9.17) is 5.73 Å². The average Bonchev–Trinajstić information content (AvgIpc) is 2.66. The van der Waals surface area contributed by atoms with E-state index in [0.29, 0.717) is 5.69 Å². The predicted octanol–water partition coefficient (Wildman–Crippen LogP) is 2.06. The van der Waals surface area contributed by atoms with Crippen molar-refractivity contribution in [3.8, 4) is 11.1 Å². The predicted molar refractivity (Wildman–Crippen MR) is 71.3 cm³/mol. The van der Waals surface area contributed by atoms with E-state index >= 15 is 0 Å². The molecule has 94 valence electrons. The lowest BCUT2D eigenvalue weighted by atomic mass is 10.00. The van der Waals surface area contributed by atoms with Crippen molar-refractivity contribution in [2.45, 2.75) is 20.3 Å². The summed E-state index contributed by atoms with van der Waals surface area (Å²) < 4.78 is 1.57. The van der Waals surface area contributed by atoms with Crippen molar-refractivity contribution in [2.75, 3.05) is 0 Å². The van der Waals surface area contributed by atoms with Gasteiger partial charge in [-0.3, -0.25) is 9.48 Å². The van der Waals surface area contributed by atoms with Crippen LogP contribution in [0.4, 0.5) is 0 Å². The van der Waals surface area contributed by atoms with Crippen LogP contribution >= 0.6 is 0 Å². The normalized spacial score (nSPS) is 10.6. The van der Waals surface area contributed by atoms with E-state index in [1.54, 1.807) is 11.7 Å². The number of nitrogens with two attached hydrogens (primary N) is 1. The van der Waals surface area contributed by atoms with Crippen LogP contribution < -0.4 is 5.73 Å². The Morgan fingerprint density at radius 1 is 1.44 bits per heavy atom. The fraction of sp³-hybridized carbons (Fsp3) is 0.286. The number of nitrogens with zero attached hydrogens (tertiary/aromatic N) is 2. The van der Waals surface area contributed by atoms with Crippen molar-refractivity contribution in [3.05, 3.63) is 41.2 Å². The van der Waals surface area contributed by atoms with Crippen LogP contribution in [0.5, 0.6) is 0 Å². The Morgan fingerprint density at radius 2 is 2.17 bits per heavy atom. The minimum atomic E-state index is -0.443. The van der Waals surface area contributed by atoms with Crippen LogP contribution in [0.1, 0.15) is 28.7 Å². The Bertz CT molecular complexity index is 599. The van der Waals surface area contributed by atoms with Crippen molar-refractivity contribution in [2.24, 2.45) is 12.8 Å². The molecule has 0 unspecified atom stereocenters. The number of hydrogen-bond donors (Lipinski definition) is 1. The molecule has 0 saturated heterocycles. The van der Waals surface area contributed by atoms with Gasteiger partial charge >= 0.3 is 0 Å². The van der Waals surface area contributed by atoms with Gasteiger partial charge in [0.2, 0.25) is 0 Å². The smallest absolute Gasteiger partial charge is 0.267 e. The molecular weight excluding hydrogens is 226 g/mol. The molecule has 2 rings (SSSR count). The highest BCUT2D eigenvalue weighted by atomic mass is 16.1. The summed E-state index contributed by atoms with van der Waals surface area (Å²) in [6.07, 6.45) is 0.768. The number of rotatable bonds is 3. The van der Waals surface area contributed by atoms with E-state index in [9.17, 15) is 4.79 Å². The number of aromatic nitrogens is 2. The summed E-state index contributed by atoms with van der Waals surface area (Å²) in [6, 6.07) is 8.02. The molecule has 2 N–H and O–H groups in total. The van der Waals surface area contributed by atoms with E-state index in [1.807, 2.05) is 38.1 Å². The van der Waals surface area contributed by atoms with Gasteiger partial charge in [-0.15, -0.1) is 0 Å². The van der Waals surface area contributed by atoms with Gasteiger partial charge in [-0.2, -0.15) is 5.10 Å². The second-order valence-electron chi connectivity index (χ2n) is 4.38. The molecule has 0 aliphatic rings. The van der Waals surface area contributed by atoms with Gasteiger partial charge in [-0.25, -0.2) is 0 Å². The van der Waals surface area contributed by atoms with Crippen LogP contribution in [0.25, 0.3) is 11.1 Å². The summed E-state index contributed by atoms with van der Waals surface area (Å²) in [7, 11) is 1.75. The first-order chi connectivity index (χ1) is 8.54. The number of carbonyl (C=O) groups is 1. The van der Waals surface area contributed by atoms with Gasteiger partial charge in [0.05, 0.1) is 5.69 Å². The minimum Gasteiger partial charge on any atom is -0.364 e. The maximum atomic E-state index is 11.6. The van der Waals surface area contributed by atoms with Crippen molar-refractivity contribution >= 4 is 5.91 Å². The standard InChI is InChI=1S/C14H17N3O/c1-4-11-12(10-7-5-6-9(2)8-10)13(14(15)18)17(3)16-11/h5-8H,4H2,1-3H3,(H2,15,18). The molecular formula is C14H17N3O. The quantitative estimate of drug-likeness (QED) is 0.896. The number of amides is 1. The Morgan fingerprint density at radius 3 is 2.72 bits per heavy atom. The van der Waals surface area contributed by atoms with Gasteiger partial charge < -0.3 is 5.73 Å². The molecule has 0 radical (unpaired) electrons. The van der Waals surface area contributed by atoms with Gasteiger partial charge in [-0.1, -0.05) is 36.8 Å². The Kier molecular flexibility index (Phi) is 3.19. The lowest BCUT2D eigenvalue weighted by Gasteiger charge is -2.05. The molecule has 0 aliphatic heterocycles. The number of hydrogen-bond acceptors (Lipinski definition) is 2. The zero-order valence-electron chi connectivity index (χ0n) is 10.9. The minimum absolute atomic E-state index is 0.443. The van der Waals surface area contributed by atoms with E-state index < -0.39 is 5.91 Å². The van der Waals surface area contributed by atoms with Crippen molar-refractivity contribution < 1.29 is 4.79 Å². The molecule has 1 aromatic carbocycles. The second kappa shape index (κ2) is 4.64. The summed E-state index contributed by atoms with van der Waals surface area (Å²) in [5.74, 6) is -0.443. The van der Waals surface area contributed by atoms with E-state index in [2.05, 4.69) is 5.10 Å². The van der Waals surface area contributed by atoms with Gasteiger partial charge in [0.25, 0.3) is 5.91 Å². The zero-order chi connectivity index (χ0) is 13.3. The van der Waals surface area contributed by atoms with Crippen LogP contribution in [0, 0.1) is 6.92 Å². The summed E-state index contributed by atoms with van der Waals surface area (Å²) in [4.78, 5) is 11.6. The third-order valence-electron chi connectivity index (χ3n) is 2.99.